The van der Waals surface area contributed by atoms with E-state index < -0.39 is 0 Å². The molecule has 1 saturated heterocycles. The van der Waals surface area contributed by atoms with E-state index in [-0.39, 0.29) is 0 Å². The van der Waals surface area contributed by atoms with Crippen LogP contribution in [0.1, 0.15) is 26.7 Å². The molecule has 0 radical (unpaired) electrons. The highest BCUT2D eigenvalue weighted by atomic mass is 15.1. The molecule has 11 heavy (non-hydrogen) atoms. The van der Waals surface area contributed by atoms with Crippen molar-refractivity contribution in [3.8, 4) is 0 Å². The Morgan fingerprint density at radius 2 is 2.27 bits per heavy atom. The average Bonchev–Trinajstić information content (AvgIpc) is 2.64. The third-order valence-electron chi connectivity index (χ3n) is 2.79. The Bertz CT molecular complexity index is 132. The van der Waals surface area contributed by atoms with Gasteiger partial charge in [0, 0.05) is 18.1 Å². The average molecular weight is 154 g/mol. The van der Waals surface area contributed by atoms with Gasteiger partial charge in [0.25, 0.3) is 0 Å². The van der Waals surface area contributed by atoms with Gasteiger partial charge in [-0.2, -0.15) is 0 Å². The Morgan fingerprint density at radius 1 is 1.45 bits per heavy atom. The molecule has 2 heteroatoms. The van der Waals surface area contributed by atoms with E-state index in [0.717, 1.165) is 18.0 Å². The highest BCUT2D eigenvalue weighted by Crippen LogP contribution is 2.38. The minimum Gasteiger partial charge on any atom is -0.312 e. The molecule has 1 saturated carbocycles. The fourth-order valence-corrected chi connectivity index (χ4v) is 2.23. The van der Waals surface area contributed by atoms with Crippen LogP contribution in [-0.2, 0) is 0 Å². The van der Waals surface area contributed by atoms with Crippen LogP contribution in [0.25, 0.3) is 0 Å². The normalized spacial score (nSPS) is 42.3. The van der Waals surface area contributed by atoms with Crippen LogP contribution in [0.5, 0.6) is 0 Å². The lowest BCUT2D eigenvalue weighted by molar-refractivity contribution is 0.504. The Labute approximate surface area is 68.7 Å². The third kappa shape index (κ3) is 1.42. The van der Waals surface area contributed by atoms with E-state index in [1.54, 1.807) is 0 Å². The second kappa shape index (κ2) is 2.76. The van der Waals surface area contributed by atoms with Crippen molar-refractivity contribution in [3.05, 3.63) is 0 Å². The van der Waals surface area contributed by atoms with Crippen molar-refractivity contribution in [1.29, 1.82) is 0 Å². The van der Waals surface area contributed by atoms with Crippen molar-refractivity contribution in [2.24, 2.45) is 5.92 Å². The summed E-state index contributed by atoms with van der Waals surface area (Å²) < 4.78 is 0. The number of hydrogen-bond acceptors (Lipinski definition) is 2. The summed E-state index contributed by atoms with van der Waals surface area (Å²) in [6, 6.07) is 2.25. The fourth-order valence-electron chi connectivity index (χ4n) is 2.23. The number of hydrogen-bond donors (Lipinski definition) is 2. The van der Waals surface area contributed by atoms with Crippen LogP contribution in [0.4, 0.5) is 0 Å². The van der Waals surface area contributed by atoms with Crippen molar-refractivity contribution >= 4 is 0 Å². The minimum absolute atomic E-state index is 0.646. The highest BCUT2D eigenvalue weighted by molar-refractivity contribution is 5.11. The summed E-state index contributed by atoms with van der Waals surface area (Å²) in [5.41, 5.74) is 0. The molecule has 2 fully saturated rings. The first-order valence-electron chi connectivity index (χ1n) is 4.78. The van der Waals surface area contributed by atoms with E-state index >= 15 is 0 Å². The minimum atomic E-state index is 0.646. The lowest BCUT2D eigenvalue weighted by Gasteiger charge is -2.07. The first-order valence-corrected chi connectivity index (χ1v) is 4.78. The van der Waals surface area contributed by atoms with Crippen LogP contribution < -0.4 is 10.6 Å². The molecule has 1 aliphatic heterocycles. The number of nitrogens with one attached hydrogen (secondary N) is 2. The van der Waals surface area contributed by atoms with Crippen molar-refractivity contribution in [1.82, 2.24) is 10.6 Å². The molecule has 2 rings (SSSR count). The summed E-state index contributed by atoms with van der Waals surface area (Å²) in [4.78, 5) is 0. The summed E-state index contributed by atoms with van der Waals surface area (Å²) in [6.45, 7) is 5.69. The van der Waals surface area contributed by atoms with Crippen LogP contribution in [0.2, 0.25) is 0 Å². The summed E-state index contributed by atoms with van der Waals surface area (Å²) >= 11 is 0. The maximum absolute atomic E-state index is 3.60. The van der Waals surface area contributed by atoms with Crippen LogP contribution in [0.3, 0.4) is 0 Å². The molecule has 0 amide bonds. The van der Waals surface area contributed by atoms with E-state index in [9.17, 15) is 0 Å². The lowest BCUT2D eigenvalue weighted by Crippen LogP contribution is -2.31. The Hall–Kier alpha value is -0.0800. The molecule has 0 spiro atoms. The predicted molar refractivity (Wildman–Crippen MR) is 46.6 cm³/mol. The monoisotopic (exact) mass is 154 g/mol. The number of piperidine rings is 1. The van der Waals surface area contributed by atoms with E-state index in [2.05, 4.69) is 24.5 Å². The van der Waals surface area contributed by atoms with Gasteiger partial charge < -0.3 is 10.6 Å². The molecule has 64 valence electrons. The predicted octanol–water partition coefficient (Wildman–Crippen LogP) is 0.735. The van der Waals surface area contributed by atoms with E-state index in [4.69, 9.17) is 0 Å². The van der Waals surface area contributed by atoms with Crippen molar-refractivity contribution in [2.45, 2.75) is 44.8 Å². The highest BCUT2D eigenvalue weighted by Gasteiger charge is 2.50. The Morgan fingerprint density at radius 3 is 2.82 bits per heavy atom. The molecular weight excluding hydrogens is 136 g/mol. The third-order valence-corrected chi connectivity index (χ3v) is 2.79. The number of rotatable bonds is 2. The maximum Gasteiger partial charge on any atom is 0.0270 e. The van der Waals surface area contributed by atoms with Crippen LogP contribution in [-0.4, -0.2) is 24.7 Å². The molecule has 3 unspecified atom stereocenters. The van der Waals surface area contributed by atoms with Gasteiger partial charge in [0.15, 0.2) is 0 Å². The van der Waals surface area contributed by atoms with Gasteiger partial charge in [0.05, 0.1) is 0 Å². The van der Waals surface area contributed by atoms with E-state index in [1.807, 2.05) is 0 Å². The van der Waals surface area contributed by atoms with E-state index in [1.165, 1.54) is 19.4 Å². The van der Waals surface area contributed by atoms with Gasteiger partial charge in [-0.15, -0.1) is 0 Å². The van der Waals surface area contributed by atoms with Crippen LogP contribution in [0.15, 0.2) is 0 Å². The molecule has 2 nitrogen and oxygen atoms in total. The van der Waals surface area contributed by atoms with Gasteiger partial charge >= 0.3 is 0 Å². The summed E-state index contributed by atoms with van der Waals surface area (Å²) in [5.74, 6) is 0.950. The van der Waals surface area contributed by atoms with Gasteiger partial charge in [0.2, 0.25) is 0 Å². The quantitative estimate of drug-likeness (QED) is 0.613. The zero-order chi connectivity index (χ0) is 7.84. The summed E-state index contributed by atoms with van der Waals surface area (Å²) in [6.07, 6.45) is 2.81. The van der Waals surface area contributed by atoms with Gasteiger partial charge in [-0.3, -0.25) is 0 Å². The van der Waals surface area contributed by atoms with Gasteiger partial charge in [0.1, 0.15) is 0 Å². The smallest absolute Gasteiger partial charge is 0.0270 e. The topological polar surface area (TPSA) is 24.1 Å². The zero-order valence-corrected chi connectivity index (χ0v) is 7.43. The molecule has 2 aliphatic rings. The second-order valence-corrected chi connectivity index (χ2v) is 4.13. The largest absolute Gasteiger partial charge is 0.312 e. The van der Waals surface area contributed by atoms with Gasteiger partial charge in [-0.1, -0.05) is 13.8 Å². The van der Waals surface area contributed by atoms with Crippen LogP contribution in [0, 0.1) is 5.92 Å². The van der Waals surface area contributed by atoms with Gasteiger partial charge in [-0.25, -0.2) is 0 Å². The fraction of sp³-hybridized carbons (Fsp3) is 1.00. The molecule has 0 aromatic rings. The summed E-state index contributed by atoms with van der Waals surface area (Å²) in [7, 11) is 0. The van der Waals surface area contributed by atoms with Gasteiger partial charge in [-0.05, 0) is 25.3 Å². The first-order chi connectivity index (χ1) is 5.29. The van der Waals surface area contributed by atoms with Crippen molar-refractivity contribution in [2.75, 3.05) is 6.54 Å². The van der Waals surface area contributed by atoms with Crippen molar-refractivity contribution in [3.63, 3.8) is 0 Å². The molecule has 3 atom stereocenters. The lowest BCUT2D eigenvalue weighted by atomic mass is 10.2. The Kier molecular flexibility index (Phi) is 1.90. The molecule has 0 aromatic carbocycles. The molecule has 2 N–H and O–H groups in total. The molecular formula is C9H18N2. The summed E-state index contributed by atoms with van der Waals surface area (Å²) in [5, 5.41) is 7.15. The van der Waals surface area contributed by atoms with E-state index in [0.29, 0.717) is 6.04 Å². The van der Waals surface area contributed by atoms with Crippen LogP contribution >= 0.6 is 0 Å². The second-order valence-electron chi connectivity index (χ2n) is 4.13. The molecule has 1 aliphatic carbocycles. The molecule has 0 aromatic heterocycles. The molecule has 0 bridgehead atoms. The Balaban J connectivity index is 1.81. The maximum atomic E-state index is 3.60. The van der Waals surface area contributed by atoms with Crippen molar-refractivity contribution < 1.29 is 0 Å². The standard InChI is InChI=1S/C9H18N2/c1-6(2)11-9-7-4-3-5-10-8(7)9/h6-11H,3-5H2,1-2H3. The molecule has 1 heterocycles. The zero-order valence-electron chi connectivity index (χ0n) is 7.43. The SMILES string of the molecule is CC(C)NC1C2CCCNC21. The first kappa shape index (κ1) is 7.56. The number of fused-ring (bicyclic) bond motifs is 1.